The summed E-state index contributed by atoms with van der Waals surface area (Å²) in [5.74, 6) is 1.89. The average Bonchev–Trinajstić information content (AvgIpc) is 3.04. The van der Waals surface area contributed by atoms with E-state index in [1.54, 1.807) is 0 Å². The quantitative estimate of drug-likeness (QED) is 0.594. The standard InChI is InChI=1S/C20H21ClN2O/c1-13(2)11-15-7-9-16(10-8-15)14(3)20-22-19(23-24-20)17-5-4-6-18(21)12-17/h4-10,12-14H,11H2,1-3H3/t14-/m1/s1. The Morgan fingerprint density at radius 1 is 1.04 bits per heavy atom. The molecule has 0 aliphatic heterocycles. The molecule has 24 heavy (non-hydrogen) atoms. The predicted octanol–water partition coefficient (Wildman–Crippen LogP) is 5.74. The fraction of sp³-hybridized carbons (Fsp3) is 0.300. The molecule has 2 aromatic carbocycles. The largest absolute Gasteiger partial charge is 0.338 e. The maximum Gasteiger partial charge on any atom is 0.234 e. The van der Waals surface area contributed by atoms with Crippen molar-refractivity contribution in [3.8, 4) is 11.4 Å². The lowest BCUT2D eigenvalue weighted by atomic mass is 9.97. The topological polar surface area (TPSA) is 38.9 Å². The molecule has 0 aliphatic carbocycles. The second kappa shape index (κ2) is 7.18. The Balaban J connectivity index is 1.79. The Hall–Kier alpha value is -2.13. The summed E-state index contributed by atoms with van der Waals surface area (Å²) in [7, 11) is 0. The van der Waals surface area contributed by atoms with E-state index in [2.05, 4.69) is 55.2 Å². The van der Waals surface area contributed by atoms with E-state index in [1.165, 1.54) is 11.1 Å². The van der Waals surface area contributed by atoms with Gasteiger partial charge >= 0.3 is 0 Å². The lowest BCUT2D eigenvalue weighted by molar-refractivity contribution is 0.371. The van der Waals surface area contributed by atoms with Gasteiger partial charge in [-0.1, -0.05) is 67.0 Å². The normalized spacial score (nSPS) is 12.5. The molecule has 0 spiro atoms. The first-order chi connectivity index (χ1) is 11.5. The molecule has 0 saturated carbocycles. The molecule has 1 atom stereocenters. The monoisotopic (exact) mass is 340 g/mol. The SMILES string of the molecule is CC(C)Cc1ccc([C@@H](C)c2nc(-c3cccc(Cl)c3)no2)cc1. The second-order valence-electron chi connectivity index (χ2n) is 6.53. The predicted molar refractivity (Wildman–Crippen MR) is 97.2 cm³/mol. The second-order valence-corrected chi connectivity index (χ2v) is 6.96. The minimum absolute atomic E-state index is 0.0542. The summed E-state index contributed by atoms with van der Waals surface area (Å²) in [6.45, 7) is 6.53. The van der Waals surface area contributed by atoms with Crippen LogP contribution in [0.3, 0.4) is 0 Å². The van der Waals surface area contributed by atoms with Crippen LogP contribution in [0.2, 0.25) is 5.02 Å². The maximum absolute atomic E-state index is 6.02. The minimum atomic E-state index is 0.0542. The van der Waals surface area contributed by atoms with Crippen LogP contribution in [0, 0.1) is 5.92 Å². The maximum atomic E-state index is 6.02. The zero-order chi connectivity index (χ0) is 17.1. The third-order valence-corrected chi connectivity index (χ3v) is 4.25. The number of rotatable bonds is 5. The number of hydrogen-bond donors (Lipinski definition) is 0. The van der Waals surface area contributed by atoms with Crippen LogP contribution < -0.4 is 0 Å². The Morgan fingerprint density at radius 3 is 2.46 bits per heavy atom. The molecule has 0 saturated heterocycles. The number of hydrogen-bond acceptors (Lipinski definition) is 3. The molecule has 0 fully saturated rings. The number of aromatic nitrogens is 2. The van der Waals surface area contributed by atoms with Gasteiger partial charge < -0.3 is 4.52 Å². The molecule has 0 unspecified atom stereocenters. The lowest BCUT2D eigenvalue weighted by Gasteiger charge is -2.09. The zero-order valence-electron chi connectivity index (χ0n) is 14.2. The highest BCUT2D eigenvalue weighted by atomic mass is 35.5. The minimum Gasteiger partial charge on any atom is -0.338 e. The van der Waals surface area contributed by atoms with Crippen molar-refractivity contribution in [2.75, 3.05) is 0 Å². The molecule has 1 heterocycles. The van der Waals surface area contributed by atoms with Crippen LogP contribution in [0.15, 0.2) is 53.1 Å². The number of halogens is 1. The van der Waals surface area contributed by atoms with Crippen molar-refractivity contribution in [2.45, 2.75) is 33.1 Å². The molecule has 4 heteroatoms. The zero-order valence-corrected chi connectivity index (χ0v) is 14.9. The van der Waals surface area contributed by atoms with Crippen molar-refractivity contribution >= 4 is 11.6 Å². The summed E-state index contributed by atoms with van der Waals surface area (Å²) >= 11 is 6.02. The van der Waals surface area contributed by atoms with Gasteiger partial charge in [0.15, 0.2) is 0 Å². The third-order valence-electron chi connectivity index (χ3n) is 4.02. The van der Waals surface area contributed by atoms with Gasteiger partial charge in [-0.15, -0.1) is 0 Å². The average molecular weight is 341 g/mol. The van der Waals surface area contributed by atoms with E-state index in [4.69, 9.17) is 16.1 Å². The van der Waals surface area contributed by atoms with Gasteiger partial charge in [-0.3, -0.25) is 0 Å². The van der Waals surface area contributed by atoms with Crippen LogP contribution in [0.5, 0.6) is 0 Å². The van der Waals surface area contributed by atoms with Gasteiger partial charge in [0, 0.05) is 10.6 Å². The molecule has 124 valence electrons. The van der Waals surface area contributed by atoms with Crippen molar-refractivity contribution in [1.29, 1.82) is 0 Å². The molecule has 0 amide bonds. The highest BCUT2D eigenvalue weighted by Crippen LogP contribution is 2.26. The van der Waals surface area contributed by atoms with E-state index in [-0.39, 0.29) is 5.92 Å². The van der Waals surface area contributed by atoms with Crippen LogP contribution in [-0.4, -0.2) is 10.1 Å². The molecule has 0 N–H and O–H groups in total. The number of benzene rings is 2. The van der Waals surface area contributed by atoms with Crippen LogP contribution in [0.4, 0.5) is 0 Å². The molecule has 0 aliphatic rings. The van der Waals surface area contributed by atoms with E-state index in [0.717, 1.165) is 12.0 Å². The van der Waals surface area contributed by atoms with Gasteiger partial charge in [-0.2, -0.15) is 4.98 Å². The fourth-order valence-corrected chi connectivity index (χ4v) is 2.90. The van der Waals surface area contributed by atoms with Gasteiger partial charge in [0.05, 0.1) is 5.92 Å². The van der Waals surface area contributed by atoms with Crippen LogP contribution >= 0.6 is 11.6 Å². The first-order valence-corrected chi connectivity index (χ1v) is 8.59. The summed E-state index contributed by atoms with van der Waals surface area (Å²) in [6.07, 6.45) is 1.09. The van der Waals surface area contributed by atoms with Gasteiger partial charge in [0.1, 0.15) is 0 Å². The van der Waals surface area contributed by atoms with Crippen molar-refractivity contribution in [3.63, 3.8) is 0 Å². The van der Waals surface area contributed by atoms with Gasteiger partial charge in [0.2, 0.25) is 11.7 Å². The van der Waals surface area contributed by atoms with Crippen molar-refractivity contribution in [2.24, 2.45) is 5.92 Å². The third kappa shape index (κ3) is 3.85. The van der Waals surface area contributed by atoms with E-state index in [9.17, 15) is 0 Å². The lowest BCUT2D eigenvalue weighted by Crippen LogP contribution is -1.98. The Labute approximate surface area is 147 Å². The first-order valence-electron chi connectivity index (χ1n) is 8.21. The van der Waals surface area contributed by atoms with Crippen molar-refractivity contribution in [3.05, 3.63) is 70.6 Å². The van der Waals surface area contributed by atoms with Gasteiger partial charge in [-0.25, -0.2) is 0 Å². The molecular formula is C20H21ClN2O. The van der Waals surface area contributed by atoms with Crippen LogP contribution in [0.25, 0.3) is 11.4 Å². The summed E-state index contributed by atoms with van der Waals surface area (Å²) in [4.78, 5) is 4.53. The smallest absolute Gasteiger partial charge is 0.234 e. The summed E-state index contributed by atoms with van der Waals surface area (Å²) in [5, 5.41) is 4.75. The summed E-state index contributed by atoms with van der Waals surface area (Å²) in [6, 6.07) is 16.1. The molecule has 0 radical (unpaired) electrons. The van der Waals surface area contributed by atoms with E-state index >= 15 is 0 Å². The van der Waals surface area contributed by atoms with Gasteiger partial charge in [0.25, 0.3) is 0 Å². The Bertz CT molecular complexity index is 809. The van der Waals surface area contributed by atoms with E-state index in [0.29, 0.717) is 22.7 Å². The van der Waals surface area contributed by atoms with Crippen LogP contribution in [-0.2, 0) is 6.42 Å². The van der Waals surface area contributed by atoms with Crippen LogP contribution in [0.1, 0.15) is 43.7 Å². The molecule has 0 bridgehead atoms. The molecule has 3 rings (SSSR count). The highest BCUT2D eigenvalue weighted by Gasteiger charge is 2.17. The van der Waals surface area contributed by atoms with Crippen molar-refractivity contribution in [1.82, 2.24) is 10.1 Å². The van der Waals surface area contributed by atoms with E-state index < -0.39 is 0 Å². The Kier molecular flexibility index (Phi) is 5.00. The molecule has 1 aromatic heterocycles. The Morgan fingerprint density at radius 2 is 1.79 bits per heavy atom. The molecule has 3 nitrogen and oxygen atoms in total. The highest BCUT2D eigenvalue weighted by molar-refractivity contribution is 6.30. The fourth-order valence-electron chi connectivity index (χ4n) is 2.71. The summed E-state index contributed by atoms with van der Waals surface area (Å²) in [5.41, 5.74) is 3.38. The first kappa shape index (κ1) is 16.7. The summed E-state index contributed by atoms with van der Waals surface area (Å²) < 4.78 is 5.47. The molecule has 3 aromatic rings. The number of nitrogens with zero attached hydrogens (tertiary/aromatic N) is 2. The molecular weight excluding hydrogens is 320 g/mol. The van der Waals surface area contributed by atoms with Gasteiger partial charge in [-0.05, 0) is 42.5 Å². The van der Waals surface area contributed by atoms with Crippen molar-refractivity contribution < 1.29 is 4.52 Å². The van der Waals surface area contributed by atoms with E-state index in [1.807, 2.05) is 24.3 Å².